The van der Waals surface area contributed by atoms with Crippen molar-refractivity contribution in [1.29, 1.82) is 0 Å². The summed E-state index contributed by atoms with van der Waals surface area (Å²) < 4.78 is 5.51. The van der Waals surface area contributed by atoms with Crippen LogP contribution < -0.4 is 10.1 Å². The molecule has 0 atom stereocenters. The average Bonchev–Trinajstić information content (AvgIpc) is 2.63. The lowest BCUT2D eigenvalue weighted by atomic mass is 9.86. The highest BCUT2D eigenvalue weighted by Crippen LogP contribution is 2.35. The van der Waals surface area contributed by atoms with Crippen molar-refractivity contribution in [3.63, 3.8) is 0 Å². The second-order valence-electron chi connectivity index (χ2n) is 6.63. The van der Waals surface area contributed by atoms with Gasteiger partial charge in [0.05, 0.1) is 16.4 Å². The van der Waals surface area contributed by atoms with Crippen LogP contribution in [0, 0.1) is 6.92 Å². The average molecular weight is 393 g/mol. The molecule has 0 spiro atoms. The zero-order chi connectivity index (χ0) is 18.5. The highest BCUT2D eigenvalue weighted by Gasteiger charge is 2.21. The molecule has 26 heavy (non-hydrogen) atoms. The molecule has 1 fully saturated rings. The molecule has 4 nitrogen and oxygen atoms in total. The molecule has 1 aliphatic rings. The molecule has 1 saturated carbocycles. The van der Waals surface area contributed by atoms with E-state index in [9.17, 15) is 4.79 Å². The maximum atomic E-state index is 12.4. The fourth-order valence-corrected chi connectivity index (χ4v) is 3.75. The number of aromatic nitrogens is 1. The van der Waals surface area contributed by atoms with E-state index in [4.69, 9.17) is 32.9 Å². The van der Waals surface area contributed by atoms with Crippen molar-refractivity contribution in [2.45, 2.75) is 44.9 Å². The highest BCUT2D eigenvalue weighted by atomic mass is 35.5. The Labute approximate surface area is 163 Å². The number of carbonyl (C=O) groups excluding carboxylic acids is 1. The fraction of sp³-hybridized carbons (Fsp3) is 0.400. The first kappa shape index (κ1) is 19.0. The standard InChI is InChI=1S/C20H22Cl2N2O2/c1-13-7-9-17(20(23-13)14-5-3-2-4-6-14)24-19(25)12-26-18-10-8-15(21)11-16(18)22/h7-11,14H,2-6,12H2,1H3,(H,24,25). The Hall–Kier alpha value is -1.78. The Morgan fingerprint density at radius 3 is 2.69 bits per heavy atom. The summed E-state index contributed by atoms with van der Waals surface area (Å²) in [6, 6.07) is 8.75. The van der Waals surface area contributed by atoms with Crippen molar-refractivity contribution >= 4 is 34.8 Å². The summed E-state index contributed by atoms with van der Waals surface area (Å²) in [6.45, 7) is 1.85. The topological polar surface area (TPSA) is 51.2 Å². The monoisotopic (exact) mass is 392 g/mol. The number of hydrogen-bond donors (Lipinski definition) is 1. The van der Waals surface area contributed by atoms with Gasteiger partial charge in [-0.15, -0.1) is 0 Å². The summed E-state index contributed by atoms with van der Waals surface area (Å²) >= 11 is 11.9. The second kappa shape index (κ2) is 8.74. The summed E-state index contributed by atoms with van der Waals surface area (Å²) in [5.74, 6) is 0.602. The van der Waals surface area contributed by atoms with E-state index in [0.717, 1.165) is 29.9 Å². The van der Waals surface area contributed by atoms with Gasteiger partial charge < -0.3 is 10.1 Å². The molecule has 138 valence electrons. The van der Waals surface area contributed by atoms with E-state index in [1.54, 1.807) is 18.2 Å². The minimum atomic E-state index is -0.237. The van der Waals surface area contributed by atoms with Crippen LogP contribution in [0.25, 0.3) is 0 Å². The third-order valence-electron chi connectivity index (χ3n) is 4.58. The zero-order valence-electron chi connectivity index (χ0n) is 14.7. The molecular weight excluding hydrogens is 371 g/mol. The first-order chi connectivity index (χ1) is 12.5. The van der Waals surface area contributed by atoms with Crippen LogP contribution in [0.5, 0.6) is 5.75 Å². The molecule has 1 aliphatic carbocycles. The Bertz CT molecular complexity index is 789. The number of carbonyl (C=O) groups is 1. The van der Waals surface area contributed by atoms with Crippen LogP contribution in [-0.4, -0.2) is 17.5 Å². The normalized spacial score (nSPS) is 14.9. The molecule has 1 aromatic heterocycles. The van der Waals surface area contributed by atoms with E-state index in [0.29, 0.717) is 21.7 Å². The van der Waals surface area contributed by atoms with E-state index < -0.39 is 0 Å². The summed E-state index contributed by atoms with van der Waals surface area (Å²) in [5, 5.41) is 3.84. The van der Waals surface area contributed by atoms with Gasteiger partial charge in [-0.3, -0.25) is 9.78 Å². The maximum Gasteiger partial charge on any atom is 0.262 e. The van der Waals surface area contributed by atoms with Crippen LogP contribution in [0.4, 0.5) is 5.69 Å². The number of benzene rings is 1. The van der Waals surface area contributed by atoms with Gasteiger partial charge >= 0.3 is 0 Å². The van der Waals surface area contributed by atoms with Gasteiger partial charge in [0.15, 0.2) is 6.61 Å². The largest absolute Gasteiger partial charge is 0.482 e. The van der Waals surface area contributed by atoms with Gasteiger partial charge in [-0.1, -0.05) is 42.5 Å². The van der Waals surface area contributed by atoms with Gasteiger partial charge in [-0.2, -0.15) is 0 Å². The number of hydrogen-bond acceptors (Lipinski definition) is 3. The molecule has 1 aromatic carbocycles. The number of anilines is 1. The zero-order valence-corrected chi connectivity index (χ0v) is 16.2. The minimum absolute atomic E-state index is 0.126. The lowest BCUT2D eigenvalue weighted by Gasteiger charge is -2.23. The Morgan fingerprint density at radius 2 is 1.96 bits per heavy atom. The smallest absolute Gasteiger partial charge is 0.262 e. The third kappa shape index (κ3) is 4.89. The Kier molecular flexibility index (Phi) is 6.38. The van der Waals surface area contributed by atoms with Crippen LogP contribution in [-0.2, 0) is 4.79 Å². The molecule has 2 aromatic rings. The van der Waals surface area contributed by atoms with Crippen LogP contribution in [0.3, 0.4) is 0 Å². The molecule has 0 bridgehead atoms. The van der Waals surface area contributed by atoms with Gasteiger partial charge in [0.2, 0.25) is 0 Å². The maximum absolute atomic E-state index is 12.4. The van der Waals surface area contributed by atoms with Crippen molar-refractivity contribution < 1.29 is 9.53 Å². The highest BCUT2D eigenvalue weighted by molar-refractivity contribution is 6.35. The minimum Gasteiger partial charge on any atom is -0.482 e. The van der Waals surface area contributed by atoms with E-state index in [-0.39, 0.29) is 12.5 Å². The van der Waals surface area contributed by atoms with E-state index in [1.807, 2.05) is 19.1 Å². The molecule has 0 radical (unpaired) electrons. The quantitative estimate of drug-likeness (QED) is 0.703. The predicted octanol–water partition coefficient (Wildman–Crippen LogP) is 5.76. The van der Waals surface area contributed by atoms with Gasteiger partial charge in [-0.25, -0.2) is 0 Å². The third-order valence-corrected chi connectivity index (χ3v) is 5.11. The van der Waals surface area contributed by atoms with E-state index >= 15 is 0 Å². The van der Waals surface area contributed by atoms with Gasteiger partial charge in [0.1, 0.15) is 5.75 Å². The van der Waals surface area contributed by atoms with Crippen molar-refractivity contribution in [3.8, 4) is 5.75 Å². The number of rotatable bonds is 5. The lowest BCUT2D eigenvalue weighted by Crippen LogP contribution is -2.22. The fourth-order valence-electron chi connectivity index (χ4n) is 3.29. The van der Waals surface area contributed by atoms with Crippen molar-refractivity contribution in [3.05, 3.63) is 51.8 Å². The number of nitrogens with zero attached hydrogens (tertiary/aromatic N) is 1. The Balaban J connectivity index is 1.67. The first-order valence-electron chi connectivity index (χ1n) is 8.88. The summed E-state index contributed by atoms with van der Waals surface area (Å²) in [7, 11) is 0. The van der Waals surface area contributed by atoms with Crippen LogP contribution in [0.1, 0.15) is 49.4 Å². The predicted molar refractivity (Wildman–Crippen MR) is 105 cm³/mol. The Morgan fingerprint density at radius 1 is 1.19 bits per heavy atom. The molecule has 1 heterocycles. The molecule has 1 N–H and O–H groups in total. The van der Waals surface area contributed by atoms with E-state index in [1.165, 1.54) is 19.3 Å². The molecule has 0 unspecified atom stereocenters. The van der Waals surface area contributed by atoms with Crippen LogP contribution in [0.2, 0.25) is 10.0 Å². The lowest BCUT2D eigenvalue weighted by molar-refractivity contribution is -0.118. The second-order valence-corrected chi connectivity index (χ2v) is 7.48. The van der Waals surface area contributed by atoms with Crippen molar-refractivity contribution in [1.82, 2.24) is 4.98 Å². The number of ether oxygens (including phenoxy) is 1. The number of halogens is 2. The van der Waals surface area contributed by atoms with Crippen LogP contribution >= 0.6 is 23.2 Å². The molecule has 6 heteroatoms. The van der Waals surface area contributed by atoms with Crippen molar-refractivity contribution in [2.75, 3.05) is 11.9 Å². The molecule has 1 amide bonds. The number of nitrogens with one attached hydrogen (secondary N) is 1. The van der Waals surface area contributed by atoms with Crippen molar-refractivity contribution in [2.24, 2.45) is 0 Å². The number of pyridine rings is 1. The van der Waals surface area contributed by atoms with Gasteiger partial charge in [0, 0.05) is 16.6 Å². The van der Waals surface area contributed by atoms with Gasteiger partial charge in [0.25, 0.3) is 5.91 Å². The summed E-state index contributed by atoms with van der Waals surface area (Å²) in [5.41, 5.74) is 2.73. The molecule has 0 saturated heterocycles. The first-order valence-corrected chi connectivity index (χ1v) is 9.64. The summed E-state index contributed by atoms with van der Waals surface area (Å²) in [6.07, 6.45) is 5.95. The molecule has 0 aliphatic heterocycles. The van der Waals surface area contributed by atoms with Gasteiger partial charge in [-0.05, 0) is 50.1 Å². The SMILES string of the molecule is Cc1ccc(NC(=O)COc2ccc(Cl)cc2Cl)c(C2CCCCC2)n1. The summed E-state index contributed by atoms with van der Waals surface area (Å²) in [4.78, 5) is 17.1. The number of amides is 1. The molecular formula is C20H22Cl2N2O2. The van der Waals surface area contributed by atoms with Crippen LogP contribution in [0.15, 0.2) is 30.3 Å². The molecule has 3 rings (SSSR count). The van der Waals surface area contributed by atoms with E-state index in [2.05, 4.69) is 5.32 Å². The number of aryl methyl sites for hydroxylation is 1.